The first-order valence-electron chi connectivity index (χ1n) is 7.19. The van der Waals surface area contributed by atoms with E-state index in [1.807, 2.05) is 0 Å². The van der Waals surface area contributed by atoms with Gasteiger partial charge in [0.1, 0.15) is 0 Å². The van der Waals surface area contributed by atoms with Gasteiger partial charge in [-0.05, 0) is 24.6 Å². The Bertz CT molecular complexity index is 715. The van der Waals surface area contributed by atoms with Crippen molar-refractivity contribution >= 4 is 29.6 Å². The maximum absolute atomic E-state index is 11.6. The molecule has 1 aromatic carbocycles. The van der Waals surface area contributed by atoms with Crippen LogP contribution in [-0.4, -0.2) is 46.2 Å². The number of benzene rings is 1. The van der Waals surface area contributed by atoms with Gasteiger partial charge in [-0.25, -0.2) is 4.79 Å². The van der Waals surface area contributed by atoms with Crippen molar-refractivity contribution in [3.63, 3.8) is 0 Å². The molecule has 0 radical (unpaired) electrons. The highest BCUT2D eigenvalue weighted by atomic mass is 32.2. The van der Waals surface area contributed by atoms with Crippen molar-refractivity contribution < 1.29 is 19.1 Å². The van der Waals surface area contributed by atoms with Gasteiger partial charge in [0.05, 0.1) is 31.6 Å². The highest BCUT2D eigenvalue weighted by Crippen LogP contribution is 2.20. The number of nitrogens with two attached hydrogens (primary N) is 1. The maximum Gasteiger partial charge on any atom is 0.338 e. The van der Waals surface area contributed by atoms with Crippen LogP contribution in [0, 0.1) is 0 Å². The molecule has 9 heteroatoms. The van der Waals surface area contributed by atoms with Crippen molar-refractivity contribution in [3.05, 3.63) is 35.4 Å². The van der Waals surface area contributed by atoms with Crippen molar-refractivity contribution in [2.24, 2.45) is 0 Å². The Kier molecular flexibility index (Phi) is 6.19. The third-order valence-electron chi connectivity index (χ3n) is 3.10. The zero-order valence-corrected chi connectivity index (χ0v) is 14.2. The average Bonchev–Trinajstić information content (AvgIpc) is 2.93. The number of thioether (sulfide) groups is 1. The lowest BCUT2D eigenvalue weighted by atomic mass is 10.1. The van der Waals surface area contributed by atoms with E-state index in [4.69, 9.17) is 10.5 Å². The fraction of sp³-hybridized carbons (Fsp3) is 0.333. The van der Waals surface area contributed by atoms with E-state index in [1.165, 1.54) is 18.9 Å². The predicted octanol–water partition coefficient (Wildman–Crippen LogP) is 1.35. The zero-order valence-electron chi connectivity index (χ0n) is 13.4. The van der Waals surface area contributed by atoms with E-state index in [1.54, 1.807) is 35.8 Å². The van der Waals surface area contributed by atoms with E-state index in [-0.39, 0.29) is 23.6 Å². The first kappa shape index (κ1) is 17.8. The van der Waals surface area contributed by atoms with E-state index in [2.05, 4.69) is 14.9 Å². The van der Waals surface area contributed by atoms with E-state index < -0.39 is 0 Å². The number of ether oxygens (including phenoxy) is 2. The summed E-state index contributed by atoms with van der Waals surface area (Å²) in [5, 5.41) is 8.31. The smallest absolute Gasteiger partial charge is 0.338 e. The molecule has 0 aliphatic heterocycles. The molecule has 128 valence electrons. The number of nitrogen functional groups attached to an aromatic ring is 1. The summed E-state index contributed by atoms with van der Waals surface area (Å²) < 4.78 is 11.2. The lowest BCUT2D eigenvalue weighted by Gasteiger charge is -2.08. The fourth-order valence-electron chi connectivity index (χ4n) is 1.88. The molecule has 0 spiro atoms. The Hall–Kier alpha value is -2.55. The number of rotatable bonds is 7. The molecule has 0 atom stereocenters. The van der Waals surface area contributed by atoms with Crippen LogP contribution in [0.4, 0.5) is 5.95 Å². The van der Waals surface area contributed by atoms with Crippen LogP contribution in [0.5, 0.6) is 0 Å². The Labute approximate surface area is 143 Å². The Morgan fingerprint density at radius 1 is 1.25 bits per heavy atom. The summed E-state index contributed by atoms with van der Waals surface area (Å²) in [5.41, 5.74) is 7.23. The number of esters is 2. The van der Waals surface area contributed by atoms with Crippen LogP contribution in [0.2, 0.25) is 0 Å². The molecule has 0 saturated carbocycles. The summed E-state index contributed by atoms with van der Waals surface area (Å²) in [6, 6.07) is 6.99. The van der Waals surface area contributed by atoms with Gasteiger partial charge in [0.25, 0.3) is 0 Å². The molecule has 24 heavy (non-hydrogen) atoms. The van der Waals surface area contributed by atoms with Crippen molar-refractivity contribution in [2.45, 2.75) is 18.6 Å². The quantitative estimate of drug-likeness (QED) is 0.589. The van der Waals surface area contributed by atoms with E-state index >= 15 is 0 Å². The van der Waals surface area contributed by atoms with E-state index in [9.17, 15) is 9.59 Å². The van der Waals surface area contributed by atoms with Crippen molar-refractivity contribution in [1.82, 2.24) is 14.8 Å². The van der Waals surface area contributed by atoms with Gasteiger partial charge in [0.2, 0.25) is 5.95 Å². The van der Waals surface area contributed by atoms with Crippen LogP contribution >= 0.6 is 11.8 Å². The minimum atomic E-state index is -0.359. The number of carbonyl (C=O) groups excluding carboxylic acids is 2. The number of hydrogen-bond donors (Lipinski definition) is 1. The van der Waals surface area contributed by atoms with Gasteiger partial charge in [0.15, 0.2) is 5.16 Å². The molecule has 2 N–H and O–H groups in total. The summed E-state index contributed by atoms with van der Waals surface area (Å²) >= 11 is 1.20. The molecule has 0 unspecified atom stereocenters. The standard InChI is InChI=1S/C15H18N4O4S/c1-3-23-13(21)11-6-4-10(5-7-11)8-19-14(16)17-18-15(19)24-9-12(20)22-2/h4-7H,3,8-9H2,1-2H3,(H2,16,17). The normalized spacial score (nSPS) is 10.4. The number of carbonyl (C=O) groups is 2. The summed E-state index contributed by atoms with van der Waals surface area (Å²) in [6.45, 7) is 2.51. The summed E-state index contributed by atoms with van der Waals surface area (Å²) in [4.78, 5) is 22.9. The fourth-order valence-corrected chi connectivity index (χ4v) is 2.66. The Morgan fingerprint density at radius 2 is 1.96 bits per heavy atom. The summed E-state index contributed by atoms with van der Waals surface area (Å²) in [7, 11) is 1.33. The Balaban J connectivity index is 2.09. The van der Waals surface area contributed by atoms with Gasteiger partial charge < -0.3 is 15.2 Å². The van der Waals surface area contributed by atoms with Crippen LogP contribution in [0.15, 0.2) is 29.4 Å². The van der Waals surface area contributed by atoms with Crippen LogP contribution < -0.4 is 5.73 Å². The highest BCUT2D eigenvalue weighted by Gasteiger charge is 2.13. The largest absolute Gasteiger partial charge is 0.468 e. The van der Waals surface area contributed by atoms with Crippen LogP contribution in [0.1, 0.15) is 22.8 Å². The third-order valence-corrected chi connectivity index (χ3v) is 4.04. The number of aromatic nitrogens is 3. The number of hydrogen-bond acceptors (Lipinski definition) is 8. The van der Waals surface area contributed by atoms with Gasteiger partial charge in [-0.15, -0.1) is 10.2 Å². The molecule has 0 amide bonds. The van der Waals surface area contributed by atoms with Gasteiger partial charge in [0, 0.05) is 0 Å². The topological polar surface area (TPSA) is 109 Å². The lowest BCUT2D eigenvalue weighted by Crippen LogP contribution is -2.09. The molecule has 0 bridgehead atoms. The lowest BCUT2D eigenvalue weighted by molar-refractivity contribution is -0.137. The second kappa shape index (κ2) is 8.34. The molecule has 0 fully saturated rings. The average molecular weight is 350 g/mol. The third kappa shape index (κ3) is 4.48. The zero-order chi connectivity index (χ0) is 17.5. The molecule has 0 aliphatic rings. The number of nitrogens with zero attached hydrogens (tertiary/aromatic N) is 3. The molecule has 2 rings (SSSR count). The number of methoxy groups -OCH3 is 1. The van der Waals surface area contributed by atoms with Crippen LogP contribution in [0.3, 0.4) is 0 Å². The first-order chi connectivity index (χ1) is 11.5. The second-order valence-corrected chi connectivity index (χ2v) is 5.65. The maximum atomic E-state index is 11.6. The molecule has 1 heterocycles. The predicted molar refractivity (Wildman–Crippen MR) is 88.7 cm³/mol. The molecule has 8 nitrogen and oxygen atoms in total. The van der Waals surface area contributed by atoms with Gasteiger partial charge in [-0.2, -0.15) is 0 Å². The second-order valence-electron chi connectivity index (χ2n) is 4.71. The number of anilines is 1. The van der Waals surface area contributed by atoms with Gasteiger partial charge >= 0.3 is 11.9 Å². The molecular weight excluding hydrogens is 332 g/mol. The molecule has 0 saturated heterocycles. The van der Waals surface area contributed by atoms with Gasteiger partial charge in [-0.3, -0.25) is 9.36 Å². The minimum Gasteiger partial charge on any atom is -0.468 e. The molecule has 0 aliphatic carbocycles. The summed E-state index contributed by atoms with van der Waals surface area (Å²) in [5.74, 6) is -0.345. The first-order valence-corrected chi connectivity index (χ1v) is 8.18. The summed E-state index contributed by atoms with van der Waals surface area (Å²) in [6.07, 6.45) is 0. The minimum absolute atomic E-state index is 0.121. The SMILES string of the molecule is CCOC(=O)c1ccc(Cn2c(N)nnc2SCC(=O)OC)cc1. The van der Waals surface area contributed by atoms with Crippen molar-refractivity contribution in [3.8, 4) is 0 Å². The van der Waals surface area contributed by atoms with Crippen LogP contribution in [0.25, 0.3) is 0 Å². The van der Waals surface area contributed by atoms with E-state index in [0.717, 1.165) is 5.56 Å². The van der Waals surface area contributed by atoms with Gasteiger partial charge in [-0.1, -0.05) is 23.9 Å². The van der Waals surface area contributed by atoms with Crippen molar-refractivity contribution in [1.29, 1.82) is 0 Å². The monoisotopic (exact) mass is 350 g/mol. The molecular formula is C15H18N4O4S. The molecule has 1 aromatic heterocycles. The van der Waals surface area contributed by atoms with Crippen molar-refractivity contribution in [2.75, 3.05) is 25.2 Å². The Morgan fingerprint density at radius 3 is 2.58 bits per heavy atom. The van der Waals surface area contributed by atoms with Crippen LogP contribution in [-0.2, 0) is 20.8 Å². The highest BCUT2D eigenvalue weighted by molar-refractivity contribution is 7.99. The molecule has 2 aromatic rings. The van der Waals surface area contributed by atoms with E-state index in [0.29, 0.717) is 23.9 Å².